The summed E-state index contributed by atoms with van der Waals surface area (Å²) in [4.78, 5) is 26.0. The Bertz CT molecular complexity index is 1960. The van der Waals surface area contributed by atoms with Crippen molar-refractivity contribution in [3.05, 3.63) is 70.9 Å². The molecule has 3 aromatic rings. The average Bonchev–Trinajstić information content (AvgIpc) is 3.81. The molecule has 1 spiro atoms. The molecule has 10 nitrogen and oxygen atoms in total. The van der Waals surface area contributed by atoms with Crippen molar-refractivity contribution in [1.82, 2.24) is 14.8 Å². The number of benzene rings is 2. The number of anilines is 1. The Hall–Kier alpha value is -3.41. The van der Waals surface area contributed by atoms with Gasteiger partial charge in [0.2, 0.25) is 0 Å². The number of esters is 1. The Balaban J connectivity index is 1.34. The smallest absolute Gasteiger partial charge is 0.322 e. The number of aliphatic hydroxyl groups excluding tert-OH is 2. The molecule has 2 bridgehead atoms. The molecule has 1 saturated carbocycles. The Morgan fingerprint density at radius 1 is 1.06 bits per heavy atom. The lowest BCUT2D eigenvalue weighted by Gasteiger charge is -2.60. The van der Waals surface area contributed by atoms with E-state index < -0.39 is 34.1 Å². The average molecular weight is 711 g/mol. The van der Waals surface area contributed by atoms with Gasteiger partial charge < -0.3 is 34.7 Å². The van der Waals surface area contributed by atoms with Crippen LogP contribution in [0.25, 0.3) is 10.9 Å². The first-order valence-electron chi connectivity index (χ1n) is 19.4. The second-order valence-electron chi connectivity index (χ2n) is 16.9. The van der Waals surface area contributed by atoms with Crippen molar-refractivity contribution in [1.29, 1.82) is 0 Å². The standard InChI is InChI=1S/C42H54N4O6/c1-6-39(50)21-25-22-42(38(49)52-5,34-27(13-17-45(23-25)24-39)26-11-8-9-12-30(26)43-34)29-19-28-31(20-32(29)51-4)44(3)35-33(47)36(48)40(7-2)14-10-16-46-18-15-41(28,35)37(40)46/h8-12,14,19-20,25,33,35-37,43,47-48,50H,6-7,13,15-18,21-24H2,1-5H3/t25-,33-,35-,36-,37?,39-,40-,41-,42-/m0/s1. The number of nitrogens with zero attached hydrogens (tertiary/aromatic N) is 3. The number of para-hydroxylation sites is 1. The topological polar surface area (TPSA) is 122 Å². The number of methoxy groups -OCH3 is 2. The Kier molecular flexibility index (Phi) is 7.79. The quantitative estimate of drug-likeness (QED) is 0.231. The number of hydrogen-bond donors (Lipinski definition) is 4. The first kappa shape index (κ1) is 34.4. The summed E-state index contributed by atoms with van der Waals surface area (Å²) in [6.07, 6.45) is 6.32. The fourth-order valence-corrected chi connectivity index (χ4v) is 12.6. The summed E-state index contributed by atoms with van der Waals surface area (Å²) in [6, 6.07) is 12.2. The number of ether oxygens (including phenoxy) is 2. The maximum Gasteiger partial charge on any atom is 0.322 e. The zero-order chi connectivity index (χ0) is 36.4. The largest absolute Gasteiger partial charge is 0.496 e. The zero-order valence-electron chi connectivity index (χ0n) is 31.2. The fourth-order valence-electron chi connectivity index (χ4n) is 12.6. The normalized spacial score (nSPS) is 39.2. The number of carbonyl (C=O) groups excluding carboxylic acids is 1. The molecule has 5 aliphatic heterocycles. The molecule has 2 saturated heterocycles. The van der Waals surface area contributed by atoms with Gasteiger partial charge in [-0.2, -0.15) is 0 Å². The van der Waals surface area contributed by atoms with Gasteiger partial charge in [-0.3, -0.25) is 14.6 Å². The second kappa shape index (κ2) is 11.8. The van der Waals surface area contributed by atoms with Gasteiger partial charge in [-0.1, -0.05) is 44.2 Å². The number of carbonyl (C=O) groups is 1. The van der Waals surface area contributed by atoms with Gasteiger partial charge in [-0.05, 0) is 74.2 Å². The van der Waals surface area contributed by atoms with Crippen molar-refractivity contribution in [2.24, 2.45) is 11.3 Å². The highest BCUT2D eigenvalue weighted by molar-refractivity contribution is 5.94. The lowest BCUT2D eigenvalue weighted by atomic mass is 9.51. The van der Waals surface area contributed by atoms with Gasteiger partial charge in [0.05, 0.1) is 32.0 Å². The summed E-state index contributed by atoms with van der Waals surface area (Å²) in [6.45, 7) is 7.99. The zero-order valence-corrected chi connectivity index (χ0v) is 31.2. The van der Waals surface area contributed by atoms with Crippen LogP contribution in [0.1, 0.15) is 68.3 Å². The van der Waals surface area contributed by atoms with Crippen molar-refractivity contribution < 1.29 is 29.6 Å². The third kappa shape index (κ3) is 4.27. The van der Waals surface area contributed by atoms with Crippen LogP contribution < -0.4 is 9.64 Å². The third-order valence-corrected chi connectivity index (χ3v) is 14.8. The van der Waals surface area contributed by atoms with Crippen molar-refractivity contribution in [3.8, 4) is 5.75 Å². The molecule has 2 aromatic carbocycles. The van der Waals surface area contributed by atoms with Crippen LogP contribution in [0.2, 0.25) is 0 Å². The van der Waals surface area contributed by atoms with E-state index in [-0.39, 0.29) is 24.0 Å². The fraction of sp³-hybridized carbons (Fsp3) is 0.595. The molecule has 9 rings (SSSR count). The van der Waals surface area contributed by atoms with E-state index >= 15 is 4.79 Å². The minimum atomic E-state index is -1.29. The van der Waals surface area contributed by atoms with Crippen LogP contribution in [0, 0.1) is 11.3 Å². The summed E-state index contributed by atoms with van der Waals surface area (Å²) in [5.41, 5.74) is 2.45. The summed E-state index contributed by atoms with van der Waals surface area (Å²) < 4.78 is 12.3. The van der Waals surface area contributed by atoms with Crippen LogP contribution in [0.3, 0.4) is 0 Å². The lowest BCUT2D eigenvalue weighted by molar-refractivity contribution is -0.147. The molecule has 278 valence electrons. The molecule has 4 N–H and O–H groups in total. The Labute approximate surface area is 306 Å². The first-order valence-corrected chi connectivity index (χ1v) is 19.4. The number of aromatic amines is 1. The Morgan fingerprint density at radius 3 is 2.62 bits per heavy atom. The summed E-state index contributed by atoms with van der Waals surface area (Å²) >= 11 is 0. The summed E-state index contributed by atoms with van der Waals surface area (Å²) in [7, 11) is 5.18. The number of likely N-dealkylation sites (N-methyl/N-ethyl adjacent to an activating group) is 1. The molecular formula is C42H54N4O6. The molecule has 10 heteroatoms. The monoisotopic (exact) mass is 710 g/mol. The summed E-state index contributed by atoms with van der Waals surface area (Å²) in [5, 5.41) is 37.1. The van der Waals surface area contributed by atoms with Crippen molar-refractivity contribution in [2.45, 2.75) is 93.1 Å². The third-order valence-electron chi connectivity index (χ3n) is 14.8. The Morgan fingerprint density at radius 2 is 1.87 bits per heavy atom. The number of nitrogens with one attached hydrogen (secondary N) is 1. The molecule has 6 aliphatic rings. The van der Waals surface area contributed by atoms with Crippen LogP contribution in [0.4, 0.5) is 5.69 Å². The molecule has 52 heavy (non-hydrogen) atoms. The minimum Gasteiger partial charge on any atom is -0.496 e. The molecule has 0 amide bonds. The molecule has 6 heterocycles. The van der Waals surface area contributed by atoms with Gasteiger partial charge in [0.15, 0.2) is 0 Å². The molecule has 1 aromatic heterocycles. The number of H-pyrrole nitrogens is 1. The van der Waals surface area contributed by atoms with Gasteiger partial charge in [0.25, 0.3) is 0 Å². The van der Waals surface area contributed by atoms with E-state index in [2.05, 4.69) is 76.0 Å². The number of aliphatic hydroxyl groups is 3. The van der Waals surface area contributed by atoms with Gasteiger partial charge in [-0.15, -0.1) is 0 Å². The number of hydrogen-bond acceptors (Lipinski definition) is 9. The number of piperidine rings is 1. The van der Waals surface area contributed by atoms with E-state index in [1.807, 2.05) is 13.1 Å². The molecule has 10 atom stereocenters. The van der Waals surface area contributed by atoms with Crippen molar-refractivity contribution >= 4 is 22.6 Å². The first-order chi connectivity index (χ1) is 25.0. The molecule has 3 fully saturated rings. The maximum atomic E-state index is 15.1. The number of aromatic nitrogens is 1. The lowest BCUT2D eigenvalue weighted by Crippen LogP contribution is -2.73. The van der Waals surface area contributed by atoms with Gasteiger partial charge in [-0.25, -0.2) is 0 Å². The van der Waals surface area contributed by atoms with E-state index in [4.69, 9.17) is 9.47 Å². The highest BCUT2D eigenvalue weighted by Crippen LogP contribution is 2.65. The predicted octanol–water partition coefficient (Wildman–Crippen LogP) is 3.88. The SMILES string of the molecule is CC[C@]1(O)C[C@@H]2CN(CCc3c([nH]c4ccccc34)[C@@](C(=O)OC)(c3cc4c(cc3OC)N(C)[C@H]3[C@H](O)[C@H](O)[C@]5(CC)C=CCN6CC[C@]43C65)C2)C1. The maximum absolute atomic E-state index is 15.1. The van der Waals surface area contributed by atoms with E-state index in [9.17, 15) is 15.3 Å². The van der Waals surface area contributed by atoms with Crippen LogP contribution in [0.5, 0.6) is 5.75 Å². The highest BCUT2D eigenvalue weighted by Gasteiger charge is 2.72. The minimum absolute atomic E-state index is 0.00782. The van der Waals surface area contributed by atoms with E-state index in [1.54, 1.807) is 7.11 Å². The van der Waals surface area contributed by atoms with E-state index in [0.29, 0.717) is 44.4 Å². The van der Waals surface area contributed by atoms with Gasteiger partial charge in [0.1, 0.15) is 17.3 Å². The van der Waals surface area contributed by atoms with Gasteiger partial charge in [0, 0.05) is 84.0 Å². The van der Waals surface area contributed by atoms with Crippen LogP contribution in [-0.4, -0.2) is 120 Å². The van der Waals surface area contributed by atoms with E-state index in [1.165, 1.54) is 7.11 Å². The molecular weight excluding hydrogens is 656 g/mol. The molecule has 0 radical (unpaired) electrons. The van der Waals surface area contributed by atoms with Crippen LogP contribution in [-0.2, 0) is 26.8 Å². The number of rotatable bonds is 5. The van der Waals surface area contributed by atoms with Gasteiger partial charge >= 0.3 is 5.97 Å². The predicted molar refractivity (Wildman–Crippen MR) is 200 cm³/mol. The van der Waals surface area contributed by atoms with Crippen LogP contribution >= 0.6 is 0 Å². The highest BCUT2D eigenvalue weighted by atomic mass is 16.5. The summed E-state index contributed by atoms with van der Waals surface area (Å²) in [5.74, 6) is 0.226. The molecule has 2 unspecified atom stereocenters. The second-order valence-corrected chi connectivity index (χ2v) is 16.9. The van der Waals surface area contributed by atoms with Crippen molar-refractivity contribution in [3.63, 3.8) is 0 Å². The van der Waals surface area contributed by atoms with Crippen LogP contribution in [0.15, 0.2) is 48.6 Å². The van der Waals surface area contributed by atoms with Crippen molar-refractivity contribution in [2.75, 3.05) is 58.9 Å². The molecule has 1 aliphatic carbocycles. The van der Waals surface area contributed by atoms with E-state index in [0.717, 1.165) is 71.6 Å². The number of fused-ring (bicyclic) bond motifs is 6.